The number of carbonyl (C=O) groups excluding carboxylic acids is 1. The van der Waals surface area contributed by atoms with Crippen LogP contribution >= 0.6 is 0 Å². The fourth-order valence-electron chi connectivity index (χ4n) is 3.91. The molecule has 1 unspecified atom stereocenters. The summed E-state index contributed by atoms with van der Waals surface area (Å²) in [5.74, 6) is 1.42. The lowest BCUT2D eigenvalue weighted by Gasteiger charge is -2.37. The highest BCUT2D eigenvalue weighted by atomic mass is 32.2. The Morgan fingerprint density at radius 1 is 1.22 bits per heavy atom. The molecule has 2 aromatic rings. The van der Waals surface area contributed by atoms with Gasteiger partial charge in [0.25, 0.3) is 0 Å². The summed E-state index contributed by atoms with van der Waals surface area (Å²) in [5, 5.41) is 3.75. The van der Waals surface area contributed by atoms with Gasteiger partial charge in [0.1, 0.15) is 17.9 Å². The highest BCUT2D eigenvalue weighted by molar-refractivity contribution is 7.84. The van der Waals surface area contributed by atoms with E-state index in [1.54, 1.807) is 19.7 Å². The van der Waals surface area contributed by atoms with Crippen LogP contribution in [-0.4, -0.2) is 70.7 Å². The Kier molecular flexibility index (Phi) is 4.86. The van der Waals surface area contributed by atoms with Gasteiger partial charge < -0.3 is 19.9 Å². The molecule has 3 heterocycles. The average molecular weight is 389 g/mol. The first kappa shape index (κ1) is 18.0. The van der Waals surface area contributed by atoms with Crippen LogP contribution < -0.4 is 15.0 Å². The standard InChI is InChI=1S/C18H23N5O3S/c1-26-15-10-14-13(9-16(15)27(2)25)17(21-11-20-14)22-6-3-12(4-7-22)23-8-5-19-18(23)24/h9-12H,3-8H2,1-2H3,(H,19,24). The Morgan fingerprint density at radius 3 is 2.63 bits per heavy atom. The molecule has 1 aromatic carbocycles. The van der Waals surface area contributed by atoms with Crippen LogP contribution in [0.3, 0.4) is 0 Å². The van der Waals surface area contributed by atoms with E-state index in [-0.39, 0.29) is 12.1 Å². The van der Waals surface area contributed by atoms with Gasteiger partial charge in [0.15, 0.2) is 0 Å². The third-order valence-electron chi connectivity index (χ3n) is 5.30. The number of ether oxygens (including phenoxy) is 1. The van der Waals surface area contributed by atoms with Crippen LogP contribution in [0.25, 0.3) is 10.9 Å². The molecule has 9 heteroatoms. The molecule has 2 fully saturated rings. The number of benzene rings is 1. The second-order valence-corrected chi connectivity index (χ2v) is 8.16. The zero-order valence-electron chi connectivity index (χ0n) is 15.5. The minimum atomic E-state index is -1.17. The summed E-state index contributed by atoms with van der Waals surface area (Å²) in [7, 11) is 0.397. The number of hydrogen-bond acceptors (Lipinski definition) is 6. The largest absolute Gasteiger partial charge is 0.495 e. The van der Waals surface area contributed by atoms with Crippen LogP contribution in [0, 0.1) is 0 Å². The Morgan fingerprint density at radius 2 is 2.00 bits per heavy atom. The number of methoxy groups -OCH3 is 1. The molecule has 0 spiro atoms. The van der Waals surface area contributed by atoms with Gasteiger partial charge in [0, 0.05) is 49.9 Å². The zero-order valence-corrected chi connectivity index (χ0v) is 16.3. The molecule has 4 rings (SSSR count). The fraction of sp³-hybridized carbons (Fsp3) is 0.500. The van der Waals surface area contributed by atoms with E-state index in [1.165, 1.54) is 0 Å². The van der Waals surface area contributed by atoms with E-state index >= 15 is 0 Å². The van der Waals surface area contributed by atoms with E-state index in [0.29, 0.717) is 10.6 Å². The van der Waals surface area contributed by atoms with Crippen LogP contribution in [-0.2, 0) is 10.8 Å². The normalized spacial score (nSPS) is 19.4. The van der Waals surface area contributed by atoms with E-state index < -0.39 is 10.8 Å². The first-order valence-corrected chi connectivity index (χ1v) is 10.6. The van der Waals surface area contributed by atoms with Crippen molar-refractivity contribution >= 4 is 33.6 Å². The predicted octanol–water partition coefficient (Wildman–Crippen LogP) is 1.37. The first-order valence-electron chi connectivity index (χ1n) is 9.04. The molecule has 144 valence electrons. The smallest absolute Gasteiger partial charge is 0.317 e. The highest BCUT2D eigenvalue weighted by Gasteiger charge is 2.31. The molecule has 2 aliphatic heterocycles. The number of nitrogens with one attached hydrogen (secondary N) is 1. The Balaban J connectivity index is 1.61. The summed E-state index contributed by atoms with van der Waals surface area (Å²) in [6.07, 6.45) is 5.00. The van der Waals surface area contributed by atoms with E-state index in [9.17, 15) is 9.00 Å². The SMILES string of the molecule is COc1cc2ncnc(N3CCC(N4CCNC4=O)CC3)c2cc1S(C)=O. The predicted molar refractivity (Wildman–Crippen MR) is 104 cm³/mol. The van der Waals surface area contributed by atoms with Crippen molar-refractivity contribution < 1.29 is 13.7 Å². The number of piperidine rings is 1. The number of amides is 2. The second kappa shape index (κ2) is 7.30. The molecular weight excluding hydrogens is 366 g/mol. The van der Waals surface area contributed by atoms with E-state index in [0.717, 1.165) is 55.7 Å². The molecule has 0 saturated carbocycles. The lowest BCUT2D eigenvalue weighted by molar-refractivity contribution is 0.186. The van der Waals surface area contributed by atoms with Gasteiger partial charge in [0.05, 0.1) is 28.3 Å². The van der Waals surface area contributed by atoms with Crippen molar-refractivity contribution in [2.24, 2.45) is 0 Å². The van der Waals surface area contributed by atoms with Crippen LogP contribution in [0.5, 0.6) is 5.75 Å². The summed E-state index contributed by atoms with van der Waals surface area (Å²) in [5.41, 5.74) is 0.770. The van der Waals surface area contributed by atoms with Crippen molar-refractivity contribution in [2.75, 3.05) is 44.4 Å². The van der Waals surface area contributed by atoms with Gasteiger partial charge in [-0.05, 0) is 18.9 Å². The van der Waals surface area contributed by atoms with Crippen LogP contribution in [0.15, 0.2) is 23.4 Å². The first-order chi connectivity index (χ1) is 13.1. The van der Waals surface area contributed by atoms with E-state index in [2.05, 4.69) is 20.2 Å². The molecule has 2 amide bonds. The molecule has 1 atom stereocenters. The lowest BCUT2D eigenvalue weighted by Crippen LogP contribution is -2.46. The quantitative estimate of drug-likeness (QED) is 0.850. The molecule has 1 N–H and O–H groups in total. The van der Waals surface area contributed by atoms with Crippen LogP contribution in [0.2, 0.25) is 0 Å². The summed E-state index contributed by atoms with van der Waals surface area (Å²) in [4.78, 5) is 25.6. The molecule has 2 aliphatic rings. The Labute approximate surface area is 160 Å². The number of nitrogens with zero attached hydrogens (tertiary/aromatic N) is 4. The van der Waals surface area contributed by atoms with Gasteiger partial charge in [-0.1, -0.05) is 0 Å². The molecule has 0 bridgehead atoms. The number of carbonyl (C=O) groups is 1. The van der Waals surface area contributed by atoms with Crippen molar-refractivity contribution in [1.29, 1.82) is 0 Å². The van der Waals surface area contributed by atoms with Crippen molar-refractivity contribution in [1.82, 2.24) is 20.2 Å². The third-order valence-corrected chi connectivity index (χ3v) is 6.24. The molecule has 1 aromatic heterocycles. The molecule has 8 nitrogen and oxygen atoms in total. The summed E-state index contributed by atoms with van der Waals surface area (Å²) in [6, 6.07) is 4.01. The maximum absolute atomic E-state index is 12.1. The second-order valence-electron chi connectivity index (χ2n) is 6.82. The van der Waals surface area contributed by atoms with Crippen LogP contribution in [0.1, 0.15) is 12.8 Å². The molecular formula is C18H23N5O3S. The third kappa shape index (κ3) is 3.31. The molecule has 27 heavy (non-hydrogen) atoms. The topological polar surface area (TPSA) is 87.7 Å². The van der Waals surface area contributed by atoms with Gasteiger partial charge in [-0.25, -0.2) is 14.8 Å². The van der Waals surface area contributed by atoms with Gasteiger partial charge in [-0.2, -0.15) is 0 Å². The Bertz CT molecular complexity index is 898. The number of anilines is 1. The van der Waals surface area contributed by atoms with Crippen molar-refractivity contribution in [3.63, 3.8) is 0 Å². The number of fused-ring (bicyclic) bond motifs is 1. The number of urea groups is 1. The zero-order chi connectivity index (χ0) is 19.0. The van der Waals surface area contributed by atoms with E-state index in [1.807, 2.05) is 17.0 Å². The summed E-state index contributed by atoms with van der Waals surface area (Å²) < 4.78 is 17.5. The maximum Gasteiger partial charge on any atom is 0.317 e. The number of aromatic nitrogens is 2. The van der Waals surface area contributed by atoms with Gasteiger partial charge in [0.2, 0.25) is 0 Å². The minimum absolute atomic E-state index is 0.0445. The Hall–Kier alpha value is -2.42. The monoisotopic (exact) mass is 389 g/mol. The average Bonchev–Trinajstić information content (AvgIpc) is 3.12. The molecule has 0 aliphatic carbocycles. The fourth-order valence-corrected chi connectivity index (χ4v) is 4.62. The van der Waals surface area contributed by atoms with Crippen molar-refractivity contribution in [3.05, 3.63) is 18.5 Å². The van der Waals surface area contributed by atoms with Crippen molar-refractivity contribution in [2.45, 2.75) is 23.8 Å². The number of rotatable bonds is 4. The number of hydrogen-bond donors (Lipinski definition) is 1. The van der Waals surface area contributed by atoms with Gasteiger partial charge >= 0.3 is 6.03 Å². The maximum atomic E-state index is 12.1. The lowest BCUT2D eigenvalue weighted by atomic mass is 10.0. The van der Waals surface area contributed by atoms with E-state index in [4.69, 9.17) is 4.74 Å². The summed E-state index contributed by atoms with van der Waals surface area (Å²) in [6.45, 7) is 3.15. The van der Waals surface area contributed by atoms with Gasteiger partial charge in [-0.3, -0.25) is 4.21 Å². The summed E-state index contributed by atoms with van der Waals surface area (Å²) >= 11 is 0. The highest BCUT2D eigenvalue weighted by Crippen LogP contribution is 2.33. The van der Waals surface area contributed by atoms with Crippen molar-refractivity contribution in [3.8, 4) is 5.75 Å². The van der Waals surface area contributed by atoms with Crippen LogP contribution in [0.4, 0.5) is 10.6 Å². The minimum Gasteiger partial charge on any atom is -0.495 e. The molecule has 0 radical (unpaired) electrons. The van der Waals surface area contributed by atoms with Gasteiger partial charge in [-0.15, -0.1) is 0 Å². The molecule has 2 saturated heterocycles.